The molecule has 0 amide bonds. The van der Waals surface area contributed by atoms with Crippen LogP contribution in [-0.2, 0) is 53.7 Å². The smallest absolute Gasteiger partial charge is 0.192 e. The molecule has 0 saturated carbocycles. The Labute approximate surface area is 302 Å². The third kappa shape index (κ3) is 8.94. The Morgan fingerprint density at radius 1 is 0.843 bits per heavy atom. The summed E-state index contributed by atoms with van der Waals surface area (Å²) in [5.41, 5.74) is 1.76. The summed E-state index contributed by atoms with van der Waals surface area (Å²) in [5.74, 6) is -2.02. The van der Waals surface area contributed by atoms with E-state index < -0.39 is 87.6 Å². The molecule has 2 unspecified atom stereocenters. The van der Waals surface area contributed by atoms with Crippen LogP contribution in [0.25, 0.3) is 0 Å². The number of aliphatic hydroxyl groups is 2. The van der Waals surface area contributed by atoms with Crippen molar-refractivity contribution in [3.8, 4) is 0 Å². The summed E-state index contributed by atoms with van der Waals surface area (Å²) in [6.07, 6.45) is -10.2. The molecule has 51 heavy (non-hydrogen) atoms. The van der Waals surface area contributed by atoms with Crippen LogP contribution < -0.4 is 0 Å². The summed E-state index contributed by atoms with van der Waals surface area (Å²) >= 11 is 0. The molecule has 0 bridgehead atoms. The zero-order valence-electron chi connectivity index (χ0n) is 31.2. The van der Waals surface area contributed by atoms with Gasteiger partial charge in [0, 0.05) is 5.56 Å². The first-order chi connectivity index (χ1) is 23.9. The van der Waals surface area contributed by atoms with Crippen LogP contribution in [0.4, 0.5) is 0 Å². The second-order valence-electron chi connectivity index (χ2n) is 16.3. The predicted molar refractivity (Wildman–Crippen MR) is 188 cm³/mol. The number of hydrogen-bond acceptors (Lipinski definition) is 12. The van der Waals surface area contributed by atoms with Crippen LogP contribution >= 0.6 is 0 Å². The van der Waals surface area contributed by atoms with E-state index in [1.807, 2.05) is 74.5 Å². The monoisotopic (exact) mass is 732 g/mol. The van der Waals surface area contributed by atoms with Crippen molar-refractivity contribution in [2.45, 2.75) is 152 Å². The van der Waals surface area contributed by atoms with Gasteiger partial charge in [-0.1, -0.05) is 81.4 Å². The number of aliphatic hydroxyl groups excluding tert-OH is 2. The number of hydrogen-bond donors (Lipinski definition) is 2. The molecule has 6 rings (SSSR count). The van der Waals surface area contributed by atoms with Crippen molar-refractivity contribution in [1.29, 1.82) is 0 Å². The third-order valence-electron chi connectivity index (χ3n) is 10.3. The molecule has 4 fully saturated rings. The summed E-state index contributed by atoms with van der Waals surface area (Å²) < 4.78 is 63.1. The Balaban J connectivity index is 1.19. The van der Waals surface area contributed by atoms with Gasteiger partial charge in [-0.3, -0.25) is 0 Å². The minimum absolute atomic E-state index is 0.00160. The van der Waals surface area contributed by atoms with Crippen LogP contribution in [0.5, 0.6) is 0 Å². The van der Waals surface area contributed by atoms with Crippen LogP contribution in [0.2, 0.25) is 18.1 Å². The summed E-state index contributed by atoms with van der Waals surface area (Å²) in [7, 11) is -2.12. The minimum Gasteiger partial charge on any atom is -0.414 e. The molecule has 4 aliphatic rings. The number of ether oxygens (including phenoxy) is 9. The van der Waals surface area contributed by atoms with E-state index in [1.54, 1.807) is 13.8 Å². The molecule has 2 aromatic rings. The molecule has 0 aromatic heterocycles. The number of benzene rings is 2. The van der Waals surface area contributed by atoms with Crippen molar-refractivity contribution >= 4 is 8.32 Å². The molecule has 12 nitrogen and oxygen atoms in total. The van der Waals surface area contributed by atoms with E-state index in [2.05, 4.69) is 33.9 Å². The largest absolute Gasteiger partial charge is 0.414 e. The van der Waals surface area contributed by atoms with Crippen molar-refractivity contribution in [3.05, 3.63) is 71.8 Å². The summed E-state index contributed by atoms with van der Waals surface area (Å²) in [6.45, 7) is 18.8. The van der Waals surface area contributed by atoms with Gasteiger partial charge in [-0.05, 0) is 51.4 Å². The first-order valence-electron chi connectivity index (χ1n) is 17.9. The van der Waals surface area contributed by atoms with Crippen molar-refractivity contribution < 1.29 is 57.3 Å². The highest BCUT2D eigenvalue weighted by Gasteiger charge is 2.58. The van der Waals surface area contributed by atoms with Crippen LogP contribution in [0, 0.1) is 0 Å². The predicted octanol–water partition coefficient (Wildman–Crippen LogP) is 5.17. The Morgan fingerprint density at radius 3 is 2.14 bits per heavy atom. The molecule has 0 radical (unpaired) electrons. The van der Waals surface area contributed by atoms with Gasteiger partial charge in [-0.2, -0.15) is 0 Å². The summed E-state index contributed by atoms with van der Waals surface area (Å²) in [4.78, 5) is 0. The highest BCUT2D eigenvalue weighted by molar-refractivity contribution is 6.74. The number of fused-ring (bicyclic) bond motifs is 1. The van der Waals surface area contributed by atoms with Crippen molar-refractivity contribution in [3.63, 3.8) is 0 Å². The van der Waals surface area contributed by atoms with Gasteiger partial charge in [-0.15, -0.1) is 0 Å². The van der Waals surface area contributed by atoms with E-state index in [0.29, 0.717) is 0 Å². The fourth-order valence-electron chi connectivity index (χ4n) is 6.70. The second-order valence-corrected chi connectivity index (χ2v) is 21.1. The van der Waals surface area contributed by atoms with Gasteiger partial charge in [-0.25, -0.2) is 0 Å². The van der Waals surface area contributed by atoms with Crippen LogP contribution in [-0.4, -0.2) is 105 Å². The topological polar surface area (TPSA) is 133 Å². The summed E-state index contributed by atoms with van der Waals surface area (Å²) in [6, 6.07) is 19.2. The van der Waals surface area contributed by atoms with Gasteiger partial charge in [0.05, 0.1) is 19.8 Å². The Kier molecular flexibility index (Phi) is 11.5. The maximum Gasteiger partial charge on any atom is 0.192 e. The van der Waals surface area contributed by atoms with Crippen LogP contribution in [0.1, 0.15) is 65.9 Å². The highest BCUT2D eigenvalue weighted by atomic mass is 28.4. The quantitative estimate of drug-likeness (QED) is 0.233. The van der Waals surface area contributed by atoms with Crippen molar-refractivity contribution in [1.82, 2.24) is 0 Å². The molecule has 4 aliphatic heterocycles. The van der Waals surface area contributed by atoms with Crippen molar-refractivity contribution in [2.75, 3.05) is 13.2 Å². The summed E-state index contributed by atoms with van der Waals surface area (Å²) in [5, 5.41) is 23.5. The molecule has 4 saturated heterocycles. The Morgan fingerprint density at radius 2 is 1.47 bits per heavy atom. The lowest BCUT2D eigenvalue weighted by Gasteiger charge is -2.48. The maximum atomic E-state index is 11.8. The van der Waals surface area contributed by atoms with E-state index in [-0.39, 0.29) is 24.9 Å². The van der Waals surface area contributed by atoms with E-state index in [9.17, 15) is 10.2 Å². The van der Waals surface area contributed by atoms with Gasteiger partial charge < -0.3 is 57.3 Å². The Hall–Kier alpha value is -1.82. The second kappa shape index (κ2) is 15.1. The maximum absolute atomic E-state index is 11.8. The average Bonchev–Trinajstić information content (AvgIpc) is 3.58. The number of rotatable bonds is 11. The van der Waals surface area contributed by atoms with Crippen LogP contribution in [0.15, 0.2) is 60.7 Å². The first kappa shape index (κ1) is 38.9. The highest BCUT2D eigenvalue weighted by Crippen LogP contribution is 2.43. The minimum atomic E-state index is -2.12. The standard InChI is InChI=1S/C38H56O12Si/c1-36(2,3)51(8,9)43-22-26-29(48-37(4,5)47-26)31-32(50-38(6,7)49-31)33(40)46-35-27(39)30(41-20-23-16-12-10-13-17-23)28-25(44-35)21-42-34(45-28)24-18-14-11-15-19-24/h10-19,25-35,39-40H,20-22H2,1-9H3/t25-,26-,27+,28-,29+,30-,31+,32-,33?,34?,35+/m1/s1. The fourth-order valence-corrected chi connectivity index (χ4v) is 7.71. The molecule has 11 atom stereocenters. The molecular formula is C38H56O12Si. The van der Waals surface area contributed by atoms with Crippen molar-refractivity contribution in [2.24, 2.45) is 0 Å². The molecular weight excluding hydrogens is 676 g/mol. The van der Waals surface area contributed by atoms with Gasteiger partial charge in [0.25, 0.3) is 0 Å². The zero-order valence-corrected chi connectivity index (χ0v) is 32.2. The van der Waals surface area contributed by atoms with E-state index in [1.165, 1.54) is 0 Å². The lowest BCUT2D eigenvalue weighted by atomic mass is 9.97. The SMILES string of the molecule is CC1(C)O[C@H]([C@@H]2OC(C)(C)O[C@H]2C(O)O[C@@H]2O[C@@H]3COC(c4ccccc4)O[C@H]3[C@H](OCc3ccccc3)[C@@H]2O)[C@@H](CO[Si](C)(C)C(C)(C)C)O1. The lowest BCUT2D eigenvalue weighted by Crippen LogP contribution is -2.64. The van der Waals surface area contributed by atoms with E-state index in [0.717, 1.165) is 11.1 Å². The van der Waals surface area contributed by atoms with Crippen LogP contribution in [0.3, 0.4) is 0 Å². The van der Waals surface area contributed by atoms with E-state index >= 15 is 0 Å². The normalized spacial score (nSPS) is 35.7. The first-order valence-corrected chi connectivity index (χ1v) is 20.8. The van der Waals surface area contributed by atoms with Gasteiger partial charge in [0.2, 0.25) is 0 Å². The van der Waals surface area contributed by atoms with Gasteiger partial charge in [0.1, 0.15) is 48.8 Å². The lowest BCUT2D eigenvalue weighted by molar-refractivity contribution is -0.386. The molecule has 4 heterocycles. The molecule has 0 aliphatic carbocycles. The molecule has 284 valence electrons. The van der Waals surface area contributed by atoms with E-state index in [4.69, 9.17) is 47.1 Å². The van der Waals surface area contributed by atoms with Gasteiger partial charge >= 0.3 is 0 Å². The molecule has 2 N–H and O–H groups in total. The molecule has 2 aromatic carbocycles. The van der Waals surface area contributed by atoms with Gasteiger partial charge in [0.15, 0.2) is 38.8 Å². The zero-order chi connectivity index (χ0) is 36.8. The Bertz CT molecular complexity index is 1420. The third-order valence-corrected chi connectivity index (χ3v) is 14.8. The average molecular weight is 733 g/mol. The fraction of sp³-hybridized carbons (Fsp3) is 0.684. The molecule has 0 spiro atoms. The molecule has 13 heteroatoms.